The lowest BCUT2D eigenvalue weighted by Gasteiger charge is -2.21. The Bertz CT molecular complexity index is 1290. The van der Waals surface area contributed by atoms with Gasteiger partial charge in [0.05, 0.1) is 11.9 Å². The van der Waals surface area contributed by atoms with Crippen molar-refractivity contribution >= 4 is 28.7 Å². The van der Waals surface area contributed by atoms with Gasteiger partial charge in [0.2, 0.25) is 0 Å². The Labute approximate surface area is 166 Å². The summed E-state index contributed by atoms with van der Waals surface area (Å²) in [5.74, 6) is -4.56. The van der Waals surface area contributed by atoms with Crippen LogP contribution < -0.4 is 10.6 Å². The second-order valence-electron chi connectivity index (χ2n) is 6.27. The molecule has 30 heavy (non-hydrogen) atoms. The lowest BCUT2D eigenvalue weighted by molar-refractivity contribution is 0.255. The minimum absolute atomic E-state index is 0.00905. The maximum atomic E-state index is 14.4. The number of nitrogens with zero attached hydrogens (tertiary/aromatic N) is 5. The Kier molecular flexibility index (Phi) is 4.57. The topological polar surface area (TPSA) is 89.9 Å². The Morgan fingerprint density at radius 3 is 2.37 bits per heavy atom. The lowest BCUT2D eigenvalue weighted by atomic mass is 10.2. The number of primary amides is 1. The van der Waals surface area contributed by atoms with Gasteiger partial charge in [-0.3, -0.25) is 0 Å². The highest BCUT2D eigenvalue weighted by Gasteiger charge is 2.28. The fraction of sp³-hybridized carbons (Fsp3) is 0.0526. The van der Waals surface area contributed by atoms with Crippen LogP contribution in [0.5, 0.6) is 0 Å². The highest BCUT2D eigenvalue weighted by atomic mass is 19.1. The molecule has 2 N–H and O–H groups in total. The number of aryl methyl sites for hydroxylation is 1. The Morgan fingerprint density at radius 2 is 1.73 bits per heavy atom. The second kappa shape index (κ2) is 7.10. The first-order valence-corrected chi connectivity index (χ1v) is 8.46. The van der Waals surface area contributed by atoms with Crippen molar-refractivity contribution in [2.45, 2.75) is 0 Å². The normalized spacial score (nSPS) is 11.1. The smallest absolute Gasteiger partial charge is 0.325 e. The van der Waals surface area contributed by atoms with Crippen molar-refractivity contribution in [3.8, 4) is 11.4 Å². The van der Waals surface area contributed by atoms with Crippen LogP contribution in [0.25, 0.3) is 22.6 Å². The molecule has 4 rings (SSSR count). The molecule has 0 fully saturated rings. The van der Waals surface area contributed by atoms with E-state index < -0.39 is 35.0 Å². The highest BCUT2D eigenvalue weighted by molar-refractivity contribution is 6.04. The quantitative estimate of drug-likeness (QED) is 0.515. The molecule has 2 aromatic carbocycles. The molecule has 152 valence electrons. The van der Waals surface area contributed by atoms with Crippen molar-refractivity contribution < 1.29 is 22.4 Å². The van der Waals surface area contributed by atoms with Gasteiger partial charge >= 0.3 is 6.03 Å². The Hall–Kier alpha value is -4.02. The predicted octanol–water partition coefficient (Wildman–Crippen LogP) is 3.80. The zero-order valence-corrected chi connectivity index (χ0v) is 15.3. The van der Waals surface area contributed by atoms with E-state index in [0.717, 1.165) is 30.3 Å². The minimum atomic E-state index is -1.25. The number of fused-ring (bicyclic) bond motifs is 1. The molecule has 2 heterocycles. The summed E-state index contributed by atoms with van der Waals surface area (Å²) in [5, 5.41) is 0. The van der Waals surface area contributed by atoms with E-state index in [1.165, 1.54) is 10.9 Å². The van der Waals surface area contributed by atoms with Crippen molar-refractivity contribution in [1.82, 2.24) is 19.5 Å². The summed E-state index contributed by atoms with van der Waals surface area (Å²) < 4.78 is 57.9. The average molecular weight is 416 g/mol. The fourth-order valence-electron chi connectivity index (χ4n) is 2.96. The fourth-order valence-corrected chi connectivity index (χ4v) is 2.96. The number of urea groups is 1. The van der Waals surface area contributed by atoms with Crippen molar-refractivity contribution in [3.63, 3.8) is 0 Å². The standard InChI is InChI=1S/C19H12F4N6O/c1-28-8-25-14-17(28)26-16(10-6-5-9(20)7-13(10)23)27-18(14)29(19(24)30)15-11(21)3-2-4-12(15)22/h2-8H,1H3,(H2,24,30). The van der Waals surface area contributed by atoms with Crippen molar-refractivity contribution in [2.24, 2.45) is 12.8 Å². The van der Waals surface area contributed by atoms with Gasteiger partial charge in [0, 0.05) is 13.1 Å². The van der Waals surface area contributed by atoms with E-state index in [1.807, 2.05) is 0 Å². The number of hydrogen-bond acceptors (Lipinski definition) is 4. The van der Waals surface area contributed by atoms with E-state index >= 15 is 0 Å². The van der Waals surface area contributed by atoms with Gasteiger partial charge in [-0.25, -0.2) is 42.2 Å². The van der Waals surface area contributed by atoms with Crippen LogP contribution in [-0.2, 0) is 7.05 Å². The number of amides is 2. The number of benzene rings is 2. The summed E-state index contributed by atoms with van der Waals surface area (Å²) in [5.41, 5.74) is 4.56. The number of halogens is 4. The number of hydrogen-bond donors (Lipinski definition) is 1. The minimum Gasteiger partial charge on any atom is -0.351 e. The maximum absolute atomic E-state index is 14.4. The number of carbonyl (C=O) groups excluding carboxylic acids is 1. The summed E-state index contributed by atoms with van der Waals surface area (Å²) >= 11 is 0. The molecule has 2 aromatic heterocycles. The first-order valence-electron chi connectivity index (χ1n) is 8.46. The third-order valence-corrected chi connectivity index (χ3v) is 4.31. The predicted molar refractivity (Wildman–Crippen MR) is 99.7 cm³/mol. The van der Waals surface area contributed by atoms with Crippen LogP contribution in [0.15, 0.2) is 42.7 Å². The number of anilines is 2. The van der Waals surface area contributed by atoms with Gasteiger partial charge in [-0.1, -0.05) is 6.07 Å². The average Bonchev–Trinajstić information content (AvgIpc) is 3.05. The number of para-hydroxylation sites is 1. The Balaban J connectivity index is 2.05. The highest BCUT2D eigenvalue weighted by Crippen LogP contribution is 2.34. The van der Waals surface area contributed by atoms with Gasteiger partial charge < -0.3 is 10.3 Å². The third-order valence-electron chi connectivity index (χ3n) is 4.31. The molecular formula is C19H12F4N6O. The van der Waals surface area contributed by atoms with Crippen LogP contribution in [0.4, 0.5) is 33.9 Å². The van der Waals surface area contributed by atoms with Crippen LogP contribution in [0.2, 0.25) is 0 Å². The van der Waals surface area contributed by atoms with Crippen molar-refractivity contribution in [3.05, 3.63) is 66.0 Å². The van der Waals surface area contributed by atoms with E-state index in [1.54, 1.807) is 7.05 Å². The summed E-state index contributed by atoms with van der Waals surface area (Å²) in [7, 11) is 1.56. The lowest BCUT2D eigenvalue weighted by Crippen LogP contribution is -2.34. The third kappa shape index (κ3) is 3.09. The van der Waals surface area contributed by atoms with E-state index in [-0.39, 0.29) is 28.4 Å². The van der Waals surface area contributed by atoms with E-state index in [4.69, 9.17) is 5.73 Å². The van der Waals surface area contributed by atoms with Crippen LogP contribution in [-0.4, -0.2) is 25.6 Å². The number of carbonyl (C=O) groups is 1. The van der Waals surface area contributed by atoms with E-state index in [2.05, 4.69) is 15.0 Å². The molecule has 0 spiro atoms. The monoisotopic (exact) mass is 416 g/mol. The van der Waals surface area contributed by atoms with Gasteiger partial charge in [0.1, 0.15) is 29.0 Å². The van der Waals surface area contributed by atoms with Gasteiger partial charge in [0.25, 0.3) is 0 Å². The SMILES string of the molecule is Cn1cnc2c(N(C(N)=O)c3c(F)cccc3F)nc(-c3ccc(F)cc3F)nc21. The zero-order valence-electron chi connectivity index (χ0n) is 15.3. The second-order valence-corrected chi connectivity index (χ2v) is 6.27. The molecule has 0 atom stereocenters. The van der Waals surface area contributed by atoms with Gasteiger partial charge in [-0.2, -0.15) is 0 Å². The van der Waals surface area contributed by atoms with Crippen LogP contribution in [0.3, 0.4) is 0 Å². The first kappa shape index (κ1) is 19.3. The maximum Gasteiger partial charge on any atom is 0.325 e. The van der Waals surface area contributed by atoms with Crippen LogP contribution >= 0.6 is 0 Å². The van der Waals surface area contributed by atoms with Crippen molar-refractivity contribution in [1.29, 1.82) is 0 Å². The summed E-state index contributed by atoms with van der Waals surface area (Å²) in [4.78, 5) is 25.1. The summed E-state index contributed by atoms with van der Waals surface area (Å²) in [6.45, 7) is 0. The van der Waals surface area contributed by atoms with Gasteiger partial charge in [-0.05, 0) is 24.3 Å². The number of rotatable bonds is 3. The molecule has 0 radical (unpaired) electrons. The zero-order chi connectivity index (χ0) is 21.6. The van der Waals surface area contributed by atoms with E-state index in [0.29, 0.717) is 11.0 Å². The summed E-state index contributed by atoms with van der Waals surface area (Å²) in [6, 6.07) is 4.46. The molecule has 0 aliphatic heterocycles. The van der Waals surface area contributed by atoms with E-state index in [9.17, 15) is 22.4 Å². The molecule has 0 saturated heterocycles. The van der Waals surface area contributed by atoms with Gasteiger partial charge in [-0.15, -0.1) is 0 Å². The van der Waals surface area contributed by atoms with Crippen LogP contribution in [0, 0.1) is 23.3 Å². The number of aromatic nitrogens is 4. The molecule has 11 heteroatoms. The number of imidazole rings is 1. The molecule has 2 amide bonds. The number of nitrogens with two attached hydrogens (primary N) is 1. The largest absolute Gasteiger partial charge is 0.351 e. The van der Waals surface area contributed by atoms with Crippen molar-refractivity contribution in [2.75, 3.05) is 4.90 Å². The first-order chi connectivity index (χ1) is 14.3. The molecule has 0 saturated carbocycles. The molecular weight excluding hydrogens is 404 g/mol. The van der Waals surface area contributed by atoms with Crippen LogP contribution in [0.1, 0.15) is 0 Å². The summed E-state index contributed by atoms with van der Waals surface area (Å²) in [6.07, 6.45) is 1.32. The molecule has 4 aromatic rings. The molecule has 0 unspecified atom stereocenters. The molecule has 0 bridgehead atoms. The molecule has 0 aliphatic carbocycles. The molecule has 0 aliphatic rings. The Morgan fingerprint density at radius 1 is 1.03 bits per heavy atom. The van der Waals surface area contributed by atoms with Gasteiger partial charge in [0.15, 0.2) is 22.8 Å². The molecule has 7 nitrogen and oxygen atoms in total.